The Morgan fingerprint density at radius 2 is 2.26 bits per heavy atom. The smallest absolute Gasteiger partial charge is 0.173 e. The summed E-state index contributed by atoms with van der Waals surface area (Å²) in [5, 5.41) is 3.68. The van der Waals surface area contributed by atoms with E-state index >= 15 is 0 Å². The average Bonchev–Trinajstić information content (AvgIpc) is 2.85. The summed E-state index contributed by atoms with van der Waals surface area (Å²) in [6.45, 7) is 6.25. The van der Waals surface area contributed by atoms with Crippen molar-refractivity contribution in [2.24, 2.45) is 11.8 Å². The highest BCUT2D eigenvalue weighted by Crippen LogP contribution is 2.32. The molecule has 2 atom stereocenters. The number of hydrogen-bond donors (Lipinski definition) is 1. The summed E-state index contributed by atoms with van der Waals surface area (Å²) in [6.07, 6.45) is 2.00. The predicted octanol–water partition coefficient (Wildman–Crippen LogP) is 3.88. The minimum Gasteiger partial charge on any atom is -0.485 e. The number of halogens is 2. The molecule has 0 aliphatic carbocycles. The monoisotopic (exact) mass is 285 g/mol. The van der Waals surface area contributed by atoms with Crippen LogP contribution in [0.25, 0.3) is 0 Å². The van der Waals surface area contributed by atoms with E-state index in [1.54, 1.807) is 12.1 Å². The fraction of sp³-hybridized carbons (Fsp3) is 0.600. The Labute approximate surface area is 119 Å². The van der Waals surface area contributed by atoms with Crippen LogP contribution in [0.3, 0.4) is 0 Å². The van der Waals surface area contributed by atoms with E-state index in [9.17, 15) is 4.39 Å². The van der Waals surface area contributed by atoms with Gasteiger partial charge in [-0.25, -0.2) is 4.39 Å². The van der Waals surface area contributed by atoms with Gasteiger partial charge in [-0.2, -0.15) is 0 Å². The summed E-state index contributed by atoms with van der Waals surface area (Å²) >= 11 is 6.04. The lowest BCUT2D eigenvalue weighted by atomic mass is 9.93. The maximum Gasteiger partial charge on any atom is 0.173 e. The highest BCUT2D eigenvalue weighted by molar-refractivity contribution is 6.32. The van der Waals surface area contributed by atoms with E-state index in [-0.39, 0.29) is 17.7 Å². The van der Waals surface area contributed by atoms with Crippen molar-refractivity contribution in [3.05, 3.63) is 29.0 Å². The van der Waals surface area contributed by atoms with Crippen LogP contribution in [0.15, 0.2) is 18.2 Å². The predicted molar refractivity (Wildman–Crippen MR) is 76.3 cm³/mol. The van der Waals surface area contributed by atoms with Gasteiger partial charge in [0.1, 0.15) is 6.10 Å². The highest BCUT2D eigenvalue weighted by atomic mass is 35.5. The molecule has 1 aromatic carbocycles. The number of rotatable bonds is 5. The second-order valence-electron chi connectivity index (χ2n) is 5.59. The molecule has 0 spiro atoms. The zero-order valence-corrected chi connectivity index (χ0v) is 12.2. The van der Waals surface area contributed by atoms with Gasteiger partial charge in [0.15, 0.2) is 11.6 Å². The molecule has 1 unspecified atom stereocenters. The van der Waals surface area contributed by atoms with Gasteiger partial charge in [-0.3, -0.25) is 0 Å². The largest absolute Gasteiger partial charge is 0.485 e. The summed E-state index contributed by atoms with van der Waals surface area (Å²) in [7, 11) is 0. The van der Waals surface area contributed by atoms with Gasteiger partial charge in [0.2, 0.25) is 0 Å². The number of benzene rings is 1. The molecule has 0 amide bonds. The first-order valence-corrected chi connectivity index (χ1v) is 7.27. The molecule has 0 saturated carbocycles. The molecule has 0 radical (unpaired) electrons. The van der Waals surface area contributed by atoms with Crippen molar-refractivity contribution >= 4 is 11.6 Å². The molecule has 2 rings (SSSR count). The minimum absolute atomic E-state index is 0.0180. The van der Waals surface area contributed by atoms with Crippen LogP contribution in [0.5, 0.6) is 5.75 Å². The van der Waals surface area contributed by atoms with Gasteiger partial charge in [0, 0.05) is 12.5 Å². The van der Waals surface area contributed by atoms with E-state index in [0.717, 1.165) is 25.9 Å². The molecule has 1 saturated heterocycles. The third kappa shape index (κ3) is 3.83. The molecule has 1 fully saturated rings. The molecule has 0 bridgehead atoms. The van der Waals surface area contributed by atoms with Crippen LogP contribution in [-0.2, 0) is 0 Å². The van der Waals surface area contributed by atoms with Gasteiger partial charge in [-0.15, -0.1) is 0 Å². The van der Waals surface area contributed by atoms with Crippen LogP contribution in [-0.4, -0.2) is 19.2 Å². The molecule has 4 heteroatoms. The van der Waals surface area contributed by atoms with Crippen molar-refractivity contribution in [2.75, 3.05) is 13.1 Å². The molecule has 1 aromatic rings. The summed E-state index contributed by atoms with van der Waals surface area (Å²) < 4.78 is 19.7. The number of para-hydroxylation sites is 1. The Balaban J connectivity index is 2.14. The Hall–Kier alpha value is -0.800. The second kappa shape index (κ2) is 6.58. The quantitative estimate of drug-likeness (QED) is 0.886. The van der Waals surface area contributed by atoms with E-state index in [1.807, 2.05) is 0 Å². The van der Waals surface area contributed by atoms with Gasteiger partial charge in [0.05, 0.1) is 5.02 Å². The zero-order chi connectivity index (χ0) is 13.8. The molecule has 0 aromatic heterocycles. The van der Waals surface area contributed by atoms with Crippen molar-refractivity contribution in [1.82, 2.24) is 5.32 Å². The molecule has 1 N–H and O–H groups in total. The van der Waals surface area contributed by atoms with Crippen LogP contribution in [0.4, 0.5) is 4.39 Å². The van der Waals surface area contributed by atoms with Crippen molar-refractivity contribution in [1.29, 1.82) is 0 Å². The summed E-state index contributed by atoms with van der Waals surface area (Å²) in [5.41, 5.74) is 0. The Kier molecular flexibility index (Phi) is 5.06. The fourth-order valence-electron chi connectivity index (χ4n) is 2.54. The molecule has 106 valence electrons. The van der Waals surface area contributed by atoms with E-state index < -0.39 is 0 Å². The normalized spacial score (nSPS) is 20.8. The highest BCUT2D eigenvalue weighted by Gasteiger charge is 2.28. The fourth-order valence-corrected chi connectivity index (χ4v) is 2.75. The zero-order valence-electron chi connectivity index (χ0n) is 11.5. The molecule has 1 aliphatic rings. The van der Waals surface area contributed by atoms with Crippen molar-refractivity contribution in [2.45, 2.75) is 32.8 Å². The number of ether oxygens (including phenoxy) is 1. The van der Waals surface area contributed by atoms with Crippen LogP contribution >= 0.6 is 11.6 Å². The van der Waals surface area contributed by atoms with Crippen LogP contribution in [0.1, 0.15) is 26.7 Å². The van der Waals surface area contributed by atoms with E-state index in [0.29, 0.717) is 16.9 Å². The van der Waals surface area contributed by atoms with Gasteiger partial charge in [-0.05, 0) is 37.4 Å². The van der Waals surface area contributed by atoms with E-state index in [1.165, 1.54) is 6.07 Å². The topological polar surface area (TPSA) is 21.3 Å². The van der Waals surface area contributed by atoms with Gasteiger partial charge in [-0.1, -0.05) is 31.5 Å². The Morgan fingerprint density at radius 3 is 2.84 bits per heavy atom. The number of hydrogen-bond acceptors (Lipinski definition) is 2. The maximum atomic E-state index is 13.8. The van der Waals surface area contributed by atoms with Gasteiger partial charge in [0.25, 0.3) is 0 Å². The van der Waals surface area contributed by atoms with Crippen LogP contribution < -0.4 is 10.1 Å². The average molecular weight is 286 g/mol. The summed E-state index contributed by atoms with van der Waals surface area (Å²) in [6, 6.07) is 4.65. The van der Waals surface area contributed by atoms with Crippen LogP contribution in [0, 0.1) is 17.7 Å². The molecular weight excluding hydrogens is 265 g/mol. The Bertz CT molecular complexity index is 398. The molecule has 19 heavy (non-hydrogen) atoms. The standard InChI is InChI=1S/C15H21ClFNO/c1-10(2)8-14(11-6-7-18-9-11)19-15-12(16)4-3-5-13(15)17/h3-5,10-11,14,18H,6-9H2,1-2H3/t11?,14-/m0/s1. The first-order chi connectivity index (χ1) is 9.08. The van der Waals surface area contributed by atoms with Gasteiger partial charge < -0.3 is 10.1 Å². The second-order valence-corrected chi connectivity index (χ2v) is 6.00. The first-order valence-electron chi connectivity index (χ1n) is 6.89. The summed E-state index contributed by atoms with van der Waals surface area (Å²) in [4.78, 5) is 0. The number of nitrogens with one attached hydrogen (secondary N) is 1. The van der Waals surface area contributed by atoms with Crippen molar-refractivity contribution in [3.8, 4) is 5.75 Å². The maximum absolute atomic E-state index is 13.8. The van der Waals surface area contributed by atoms with Crippen molar-refractivity contribution < 1.29 is 9.13 Å². The third-order valence-corrected chi connectivity index (χ3v) is 3.81. The lowest BCUT2D eigenvalue weighted by Crippen LogP contribution is -2.30. The van der Waals surface area contributed by atoms with E-state index in [4.69, 9.17) is 16.3 Å². The lowest BCUT2D eigenvalue weighted by molar-refractivity contribution is 0.114. The van der Waals surface area contributed by atoms with Gasteiger partial charge >= 0.3 is 0 Å². The SMILES string of the molecule is CC(C)C[C@H](Oc1c(F)cccc1Cl)C1CCNC1. The molecular formula is C15H21ClFNO. The lowest BCUT2D eigenvalue weighted by Gasteiger charge is -2.26. The minimum atomic E-state index is -0.382. The van der Waals surface area contributed by atoms with Crippen molar-refractivity contribution in [3.63, 3.8) is 0 Å². The Morgan fingerprint density at radius 1 is 1.47 bits per heavy atom. The van der Waals surface area contributed by atoms with Crippen LogP contribution in [0.2, 0.25) is 5.02 Å². The molecule has 2 nitrogen and oxygen atoms in total. The molecule has 1 aliphatic heterocycles. The first kappa shape index (κ1) is 14.6. The summed E-state index contributed by atoms with van der Waals surface area (Å²) in [5.74, 6) is 0.753. The third-order valence-electron chi connectivity index (χ3n) is 3.52. The molecule has 1 heterocycles. The van der Waals surface area contributed by atoms with E-state index in [2.05, 4.69) is 19.2 Å².